The molecule has 0 radical (unpaired) electrons. The normalized spacial score (nSPS) is 12.6. The number of hydrogen-bond donors (Lipinski definition) is 1. The van der Waals surface area contributed by atoms with Crippen molar-refractivity contribution < 1.29 is 9.53 Å². The van der Waals surface area contributed by atoms with E-state index in [0.717, 1.165) is 27.9 Å². The maximum Gasteiger partial charge on any atom is 0.232 e. The number of benzene rings is 2. The number of amides is 1. The molecule has 2 aromatic carbocycles. The van der Waals surface area contributed by atoms with E-state index in [2.05, 4.69) is 15.4 Å². The zero-order valence-corrected chi connectivity index (χ0v) is 16.4. The van der Waals surface area contributed by atoms with Crippen molar-refractivity contribution in [3.8, 4) is 22.8 Å². The van der Waals surface area contributed by atoms with Gasteiger partial charge in [-0.3, -0.25) is 14.5 Å². The zero-order chi connectivity index (χ0) is 20.5. The van der Waals surface area contributed by atoms with Gasteiger partial charge in [0.2, 0.25) is 5.91 Å². The van der Waals surface area contributed by atoms with Crippen LogP contribution in [0.4, 0.5) is 0 Å². The first kappa shape index (κ1) is 18.1. The lowest BCUT2D eigenvalue weighted by Crippen LogP contribution is -2.31. The highest BCUT2D eigenvalue weighted by atomic mass is 16.5. The first-order valence-electron chi connectivity index (χ1n) is 9.77. The summed E-state index contributed by atoms with van der Waals surface area (Å²) in [5.41, 5.74) is 4.41. The third kappa shape index (κ3) is 3.22. The summed E-state index contributed by atoms with van der Waals surface area (Å²) in [5, 5.41) is 7.33. The predicted octanol–water partition coefficient (Wildman–Crippen LogP) is 4.04. The van der Waals surface area contributed by atoms with Gasteiger partial charge < -0.3 is 10.1 Å². The summed E-state index contributed by atoms with van der Waals surface area (Å²) in [5.74, 6) is 0.936. The number of nitrogens with one attached hydrogen (secondary N) is 1. The molecule has 4 aromatic rings. The molecular weight excluding hydrogens is 376 g/mol. The van der Waals surface area contributed by atoms with Gasteiger partial charge in [0.1, 0.15) is 11.5 Å². The lowest BCUT2D eigenvalue weighted by atomic mass is 9.87. The summed E-state index contributed by atoms with van der Waals surface area (Å²) in [4.78, 5) is 17.8. The molecule has 1 N–H and O–H groups in total. The molecule has 0 aliphatic carbocycles. The van der Waals surface area contributed by atoms with Crippen molar-refractivity contribution in [2.75, 3.05) is 0 Å². The van der Waals surface area contributed by atoms with E-state index in [1.807, 2.05) is 73.9 Å². The predicted molar refractivity (Wildman–Crippen MR) is 113 cm³/mol. The number of aryl methyl sites for hydroxylation is 1. The third-order valence-corrected chi connectivity index (χ3v) is 5.26. The molecule has 0 bridgehead atoms. The number of para-hydroxylation sites is 2. The van der Waals surface area contributed by atoms with Gasteiger partial charge in [0.15, 0.2) is 0 Å². The summed E-state index contributed by atoms with van der Waals surface area (Å²) in [6, 6.07) is 19.2. The first-order chi connectivity index (χ1) is 14.7. The summed E-state index contributed by atoms with van der Waals surface area (Å²) >= 11 is 0. The monoisotopic (exact) mass is 396 g/mol. The van der Waals surface area contributed by atoms with E-state index in [0.29, 0.717) is 18.0 Å². The van der Waals surface area contributed by atoms with E-state index in [9.17, 15) is 4.79 Å². The minimum Gasteiger partial charge on any atom is -0.457 e. The molecule has 0 saturated carbocycles. The number of pyridine rings is 1. The molecule has 0 unspecified atom stereocenters. The summed E-state index contributed by atoms with van der Waals surface area (Å²) in [6.07, 6.45) is 5.44. The van der Waals surface area contributed by atoms with Crippen LogP contribution < -0.4 is 10.1 Å². The van der Waals surface area contributed by atoms with Gasteiger partial charge in [0, 0.05) is 42.7 Å². The Labute approximate surface area is 174 Å². The van der Waals surface area contributed by atoms with Crippen molar-refractivity contribution in [2.45, 2.75) is 12.5 Å². The number of aromatic nitrogens is 3. The van der Waals surface area contributed by atoms with E-state index in [4.69, 9.17) is 4.74 Å². The van der Waals surface area contributed by atoms with Crippen LogP contribution in [0.1, 0.15) is 22.6 Å². The Kier molecular flexibility index (Phi) is 4.52. The fourth-order valence-electron chi connectivity index (χ4n) is 3.86. The molecule has 0 saturated heterocycles. The molecule has 3 heterocycles. The van der Waals surface area contributed by atoms with Crippen LogP contribution in [-0.2, 0) is 18.4 Å². The van der Waals surface area contributed by atoms with Crippen LogP contribution >= 0.6 is 0 Å². The van der Waals surface area contributed by atoms with Gasteiger partial charge in [0.25, 0.3) is 0 Å². The van der Waals surface area contributed by atoms with Gasteiger partial charge in [-0.15, -0.1) is 0 Å². The molecule has 0 atom stereocenters. The molecule has 1 amide bonds. The average molecular weight is 396 g/mol. The molecule has 1 aliphatic heterocycles. The first-order valence-corrected chi connectivity index (χ1v) is 9.77. The van der Waals surface area contributed by atoms with Gasteiger partial charge in [-0.2, -0.15) is 5.10 Å². The second kappa shape index (κ2) is 7.48. The Balaban J connectivity index is 1.44. The van der Waals surface area contributed by atoms with E-state index < -0.39 is 5.92 Å². The fraction of sp³-hybridized carbons (Fsp3) is 0.125. The summed E-state index contributed by atoms with van der Waals surface area (Å²) in [6.45, 7) is 0.374. The van der Waals surface area contributed by atoms with Crippen molar-refractivity contribution in [1.82, 2.24) is 20.1 Å². The van der Waals surface area contributed by atoms with Gasteiger partial charge >= 0.3 is 0 Å². The fourth-order valence-corrected chi connectivity index (χ4v) is 3.86. The van der Waals surface area contributed by atoms with Crippen molar-refractivity contribution in [3.63, 3.8) is 0 Å². The molecule has 6 heteroatoms. The van der Waals surface area contributed by atoms with E-state index >= 15 is 0 Å². The number of fused-ring (bicyclic) bond motifs is 2. The number of nitrogens with zero attached hydrogens (tertiary/aromatic N) is 3. The Bertz CT molecular complexity index is 1190. The minimum atomic E-state index is -0.426. The van der Waals surface area contributed by atoms with E-state index in [1.54, 1.807) is 17.1 Å². The van der Waals surface area contributed by atoms with Crippen LogP contribution in [0, 0.1) is 0 Å². The Morgan fingerprint density at radius 3 is 2.40 bits per heavy atom. The second-order valence-electron chi connectivity index (χ2n) is 7.24. The smallest absolute Gasteiger partial charge is 0.232 e. The Morgan fingerprint density at radius 1 is 1.03 bits per heavy atom. The highest BCUT2D eigenvalue weighted by Gasteiger charge is 2.32. The molecule has 1 aliphatic rings. The number of rotatable bonds is 4. The number of hydrogen-bond acceptors (Lipinski definition) is 4. The molecule has 0 fully saturated rings. The minimum absolute atomic E-state index is 0.0702. The van der Waals surface area contributed by atoms with Gasteiger partial charge in [0.05, 0.1) is 17.8 Å². The average Bonchev–Trinajstić information content (AvgIpc) is 3.22. The summed E-state index contributed by atoms with van der Waals surface area (Å²) < 4.78 is 7.74. The van der Waals surface area contributed by atoms with E-state index in [1.165, 1.54) is 0 Å². The number of carbonyl (C=O) groups excluding carboxylic acids is 1. The van der Waals surface area contributed by atoms with Crippen LogP contribution in [0.15, 0.2) is 79.3 Å². The maximum atomic E-state index is 13.3. The molecule has 6 nitrogen and oxygen atoms in total. The van der Waals surface area contributed by atoms with Crippen LogP contribution in [-0.4, -0.2) is 20.7 Å². The standard InChI is InChI=1S/C24H20N4O2/c1-28-15-17(14-27-28)23-16(7-6-12-25-23)13-26-24(29)22-18-8-2-4-10-20(18)30-21-11-5-3-9-19(21)22/h2-12,14-15,22H,13H2,1H3,(H,26,29). The van der Waals surface area contributed by atoms with Crippen LogP contribution in [0.25, 0.3) is 11.3 Å². The SMILES string of the molecule is Cn1cc(-c2ncccc2CNC(=O)C2c3ccccc3Oc3ccccc32)cn1. The molecule has 30 heavy (non-hydrogen) atoms. The van der Waals surface area contributed by atoms with Gasteiger partial charge in [-0.1, -0.05) is 42.5 Å². The van der Waals surface area contributed by atoms with Crippen molar-refractivity contribution in [1.29, 1.82) is 0 Å². The van der Waals surface area contributed by atoms with Crippen LogP contribution in [0.2, 0.25) is 0 Å². The van der Waals surface area contributed by atoms with E-state index in [-0.39, 0.29) is 5.91 Å². The largest absolute Gasteiger partial charge is 0.457 e. The number of carbonyl (C=O) groups is 1. The van der Waals surface area contributed by atoms with Crippen LogP contribution in [0.5, 0.6) is 11.5 Å². The number of ether oxygens (including phenoxy) is 1. The van der Waals surface area contributed by atoms with Crippen LogP contribution in [0.3, 0.4) is 0 Å². The molecule has 148 valence electrons. The van der Waals surface area contributed by atoms with Gasteiger partial charge in [-0.05, 0) is 23.8 Å². The lowest BCUT2D eigenvalue weighted by molar-refractivity contribution is -0.122. The molecular formula is C24H20N4O2. The quantitative estimate of drug-likeness (QED) is 0.565. The molecule has 2 aromatic heterocycles. The summed E-state index contributed by atoms with van der Waals surface area (Å²) in [7, 11) is 1.87. The Hall–Kier alpha value is -3.93. The van der Waals surface area contributed by atoms with Crippen molar-refractivity contribution in [3.05, 3.63) is 95.9 Å². The lowest BCUT2D eigenvalue weighted by Gasteiger charge is -2.27. The third-order valence-electron chi connectivity index (χ3n) is 5.26. The molecule has 5 rings (SSSR count). The topological polar surface area (TPSA) is 69.0 Å². The Morgan fingerprint density at radius 2 is 1.73 bits per heavy atom. The van der Waals surface area contributed by atoms with Crippen molar-refractivity contribution >= 4 is 5.91 Å². The maximum absolute atomic E-state index is 13.3. The zero-order valence-electron chi connectivity index (χ0n) is 16.4. The van der Waals surface area contributed by atoms with Gasteiger partial charge in [-0.25, -0.2) is 0 Å². The van der Waals surface area contributed by atoms with Crippen molar-refractivity contribution in [2.24, 2.45) is 7.05 Å². The molecule has 0 spiro atoms. The highest BCUT2D eigenvalue weighted by molar-refractivity contribution is 5.89. The second-order valence-corrected chi connectivity index (χ2v) is 7.24. The highest BCUT2D eigenvalue weighted by Crippen LogP contribution is 2.43.